The van der Waals surface area contributed by atoms with Crippen molar-refractivity contribution in [2.45, 2.75) is 56.9 Å². The summed E-state index contributed by atoms with van der Waals surface area (Å²) >= 11 is 0. The van der Waals surface area contributed by atoms with Crippen molar-refractivity contribution in [3.63, 3.8) is 0 Å². The Hall–Kier alpha value is -0.730. The lowest BCUT2D eigenvalue weighted by atomic mass is 9.99. The first-order valence-electron chi connectivity index (χ1n) is 6.03. The van der Waals surface area contributed by atoms with E-state index in [1.54, 1.807) is 0 Å². The molecule has 7 heteroatoms. The summed E-state index contributed by atoms with van der Waals surface area (Å²) in [5.74, 6) is -1.41. The predicted octanol–water partition coefficient (Wildman–Crippen LogP) is -0.915. The molecule has 0 aromatic carbocycles. The zero-order valence-electron chi connectivity index (χ0n) is 10.2. The minimum Gasteiger partial charge on any atom is -0.479 e. The molecule has 1 unspecified atom stereocenters. The van der Waals surface area contributed by atoms with E-state index in [0.29, 0.717) is 6.61 Å². The van der Waals surface area contributed by atoms with E-state index in [1.807, 2.05) is 6.92 Å². The van der Waals surface area contributed by atoms with Gasteiger partial charge in [-0.25, -0.2) is 4.79 Å². The molecule has 106 valence electrons. The zero-order valence-corrected chi connectivity index (χ0v) is 10.2. The molecule has 4 N–H and O–H groups in total. The van der Waals surface area contributed by atoms with E-state index in [9.17, 15) is 20.1 Å². The molecule has 1 aliphatic heterocycles. The highest BCUT2D eigenvalue weighted by molar-refractivity contribution is 5.73. The van der Waals surface area contributed by atoms with Crippen molar-refractivity contribution in [3.8, 4) is 0 Å². The van der Waals surface area contributed by atoms with Crippen LogP contribution in [0.2, 0.25) is 0 Å². The van der Waals surface area contributed by atoms with Gasteiger partial charge in [-0.15, -0.1) is 0 Å². The Kier molecular flexibility index (Phi) is 5.97. The Morgan fingerprint density at radius 2 is 1.83 bits per heavy atom. The first kappa shape index (κ1) is 15.3. The van der Waals surface area contributed by atoms with Gasteiger partial charge >= 0.3 is 5.97 Å². The monoisotopic (exact) mass is 264 g/mol. The van der Waals surface area contributed by atoms with Crippen molar-refractivity contribution in [1.29, 1.82) is 0 Å². The maximum Gasteiger partial charge on any atom is 0.335 e. The third-order valence-electron chi connectivity index (χ3n) is 2.84. The van der Waals surface area contributed by atoms with E-state index in [-0.39, 0.29) is 0 Å². The zero-order chi connectivity index (χ0) is 13.7. The third-order valence-corrected chi connectivity index (χ3v) is 2.84. The molecule has 0 radical (unpaired) electrons. The molecule has 5 atom stereocenters. The van der Waals surface area contributed by atoms with Gasteiger partial charge in [0.1, 0.15) is 18.3 Å². The summed E-state index contributed by atoms with van der Waals surface area (Å²) in [6.07, 6.45) is -4.88. The highest BCUT2D eigenvalue weighted by atomic mass is 16.7. The van der Waals surface area contributed by atoms with Gasteiger partial charge in [0, 0.05) is 6.61 Å². The van der Waals surface area contributed by atoms with Gasteiger partial charge in [0.2, 0.25) is 0 Å². The van der Waals surface area contributed by atoms with Crippen molar-refractivity contribution < 1.29 is 34.7 Å². The number of aliphatic hydroxyl groups excluding tert-OH is 3. The summed E-state index contributed by atoms with van der Waals surface area (Å²) in [6, 6.07) is 0. The normalized spacial score (nSPS) is 36.6. The second-order valence-electron chi connectivity index (χ2n) is 4.31. The van der Waals surface area contributed by atoms with Gasteiger partial charge < -0.3 is 29.9 Å². The molecule has 0 aromatic rings. The molecule has 1 fully saturated rings. The van der Waals surface area contributed by atoms with Gasteiger partial charge in [0.15, 0.2) is 12.4 Å². The Morgan fingerprint density at radius 1 is 1.17 bits per heavy atom. The highest BCUT2D eigenvalue weighted by Crippen LogP contribution is 2.22. The van der Waals surface area contributed by atoms with Gasteiger partial charge in [0.05, 0.1) is 0 Å². The van der Waals surface area contributed by atoms with Crippen LogP contribution in [0.1, 0.15) is 26.2 Å². The molecule has 7 nitrogen and oxygen atoms in total. The fourth-order valence-corrected chi connectivity index (χ4v) is 1.74. The summed E-state index contributed by atoms with van der Waals surface area (Å²) in [6.45, 7) is 2.32. The molecule has 1 heterocycles. The van der Waals surface area contributed by atoms with Crippen molar-refractivity contribution >= 4 is 5.97 Å². The fraction of sp³-hybridized carbons (Fsp3) is 0.909. The molecule has 0 amide bonds. The number of carbonyl (C=O) groups is 1. The third kappa shape index (κ3) is 3.63. The SMILES string of the molecule is CCCCCOC1O[C@H](C(=O)O)[C@H](O)[C@H](O)[C@H]1O. The van der Waals surface area contributed by atoms with Crippen molar-refractivity contribution in [2.24, 2.45) is 0 Å². The van der Waals surface area contributed by atoms with Crippen LogP contribution in [-0.2, 0) is 14.3 Å². The van der Waals surface area contributed by atoms with Crippen LogP contribution in [-0.4, -0.2) is 63.7 Å². The van der Waals surface area contributed by atoms with Crippen molar-refractivity contribution in [3.05, 3.63) is 0 Å². The maximum absolute atomic E-state index is 10.8. The Balaban J connectivity index is 2.53. The highest BCUT2D eigenvalue weighted by Gasteiger charge is 2.47. The van der Waals surface area contributed by atoms with E-state index >= 15 is 0 Å². The topological polar surface area (TPSA) is 116 Å². The fourth-order valence-electron chi connectivity index (χ4n) is 1.74. The number of hydrogen-bond acceptors (Lipinski definition) is 6. The van der Waals surface area contributed by atoms with Crippen LogP contribution in [0.5, 0.6) is 0 Å². The van der Waals surface area contributed by atoms with Crippen molar-refractivity contribution in [1.82, 2.24) is 0 Å². The molecule has 0 aromatic heterocycles. The minimum absolute atomic E-state index is 0.296. The standard InChI is InChI=1S/C11H20O7/c1-2-3-4-5-17-11-8(14)6(12)7(13)9(18-11)10(15)16/h6-9,11-14H,2-5H2,1H3,(H,15,16)/t6-,7+,8+,9-,11?/m0/s1. The van der Waals surface area contributed by atoms with Crippen LogP contribution in [0.15, 0.2) is 0 Å². The molecule has 0 aliphatic carbocycles. The molecule has 0 bridgehead atoms. The number of unbranched alkanes of at least 4 members (excludes halogenated alkanes) is 2. The Labute approximate surface area is 105 Å². The van der Waals surface area contributed by atoms with Gasteiger partial charge in [0.25, 0.3) is 0 Å². The predicted molar refractivity (Wildman–Crippen MR) is 59.8 cm³/mol. The molecule has 1 aliphatic rings. The van der Waals surface area contributed by atoms with Crippen LogP contribution in [0.4, 0.5) is 0 Å². The second-order valence-corrected chi connectivity index (χ2v) is 4.31. The molecule has 1 saturated heterocycles. The average molecular weight is 264 g/mol. The first-order chi connectivity index (χ1) is 8.49. The van der Waals surface area contributed by atoms with Crippen LogP contribution in [0.25, 0.3) is 0 Å². The van der Waals surface area contributed by atoms with E-state index in [0.717, 1.165) is 19.3 Å². The minimum atomic E-state index is -1.67. The van der Waals surface area contributed by atoms with E-state index < -0.39 is 36.7 Å². The Bertz CT molecular complexity index is 270. The molecule has 1 rings (SSSR count). The number of carboxylic acids is 1. The second kappa shape index (κ2) is 7.01. The quantitative estimate of drug-likeness (QED) is 0.459. The molecule has 18 heavy (non-hydrogen) atoms. The lowest BCUT2D eigenvalue weighted by molar-refractivity contribution is -0.294. The maximum atomic E-state index is 10.8. The summed E-state index contributed by atoms with van der Waals surface area (Å²) < 4.78 is 10.1. The van der Waals surface area contributed by atoms with Gasteiger partial charge in [-0.05, 0) is 6.42 Å². The van der Waals surface area contributed by atoms with Crippen molar-refractivity contribution in [2.75, 3.05) is 6.61 Å². The summed E-state index contributed by atoms with van der Waals surface area (Å²) in [4.78, 5) is 10.8. The summed E-state index contributed by atoms with van der Waals surface area (Å²) in [5, 5.41) is 37.4. The first-order valence-corrected chi connectivity index (χ1v) is 6.03. The van der Waals surface area contributed by atoms with Crippen LogP contribution < -0.4 is 0 Å². The average Bonchev–Trinajstić information content (AvgIpc) is 2.33. The molecule has 0 spiro atoms. The van der Waals surface area contributed by atoms with E-state index in [4.69, 9.17) is 14.6 Å². The lowest BCUT2D eigenvalue weighted by Crippen LogP contribution is -2.60. The van der Waals surface area contributed by atoms with Gasteiger partial charge in [-0.1, -0.05) is 19.8 Å². The number of aliphatic hydroxyl groups is 3. The number of aliphatic carboxylic acids is 1. The van der Waals surface area contributed by atoms with Crippen LogP contribution in [0, 0.1) is 0 Å². The lowest BCUT2D eigenvalue weighted by Gasteiger charge is -2.38. The smallest absolute Gasteiger partial charge is 0.335 e. The van der Waals surface area contributed by atoms with Crippen LogP contribution >= 0.6 is 0 Å². The van der Waals surface area contributed by atoms with Crippen LogP contribution in [0.3, 0.4) is 0 Å². The Morgan fingerprint density at radius 3 is 2.39 bits per heavy atom. The summed E-state index contributed by atoms with van der Waals surface area (Å²) in [7, 11) is 0. The largest absolute Gasteiger partial charge is 0.479 e. The summed E-state index contributed by atoms with van der Waals surface area (Å²) in [5.41, 5.74) is 0. The number of ether oxygens (including phenoxy) is 2. The molecule has 0 saturated carbocycles. The number of hydrogen-bond donors (Lipinski definition) is 4. The van der Waals surface area contributed by atoms with E-state index in [2.05, 4.69) is 0 Å². The number of carboxylic acid groups (broad SMARTS) is 1. The van der Waals surface area contributed by atoms with E-state index in [1.165, 1.54) is 0 Å². The number of rotatable bonds is 6. The molecular weight excluding hydrogens is 244 g/mol. The molecular formula is C11H20O7. The van der Waals surface area contributed by atoms with Gasteiger partial charge in [-0.2, -0.15) is 0 Å². The van der Waals surface area contributed by atoms with Gasteiger partial charge in [-0.3, -0.25) is 0 Å².